The first-order valence-electron chi connectivity index (χ1n) is 6.75. The first kappa shape index (κ1) is 16.4. The molecule has 2 N–H and O–H groups in total. The summed E-state index contributed by atoms with van der Waals surface area (Å²) in [5.74, 6) is -0.226. The molecule has 2 atom stereocenters. The zero-order valence-electron chi connectivity index (χ0n) is 11.6. The molecule has 0 aromatic carbocycles. The van der Waals surface area contributed by atoms with Gasteiger partial charge in [-0.15, -0.1) is 0 Å². The summed E-state index contributed by atoms with van der Waals surface area (Å²) in [4.78, 5) is 12.0. The fourth-order valence-corrected chi connectivity index (χ4v) is 3.42. The van der Waals surface area contributed by atoms with E-state index in [1.165, 1.54) is 4.31 Å². The van der Waals surface area contributed by atoms with E-state index in [0.29, 0.717) is 32.4 Å². The van der Waals surface area contributed by atoms with Crippen molar-refractivity contribution in [2.24, 2.45) is 0 Å². The number of carbonyl (C=O) groups excluding carboxylic acids is 1. The predicted octanol–water partition coefficient (Wildman–Crippen LogP) is 0.0777. The Bertz CT molecular complexity index is 395. The SMILES string of the molecule is CC(O)CCCNC(=O)C1CCCCN1S(C)(=O)=O. The van der Waals surface area contributed by atoms with Gasteiger partial charge in [0.1, 0.15) is 6.04 Å². The summed E-state index contributed by atoms with van der Waals surface area (Å²) in [5.41, 5.74) is 0. The van der Waals surface area contributed by atoms with Gasteiger partial charge in [0.2, 0.25) is 15.9 Å². The van der Waals surface area contributed by atoms with Crippen molar-refractivity contribution >= 4 is 15.9 Å². The predicted molar refractivity (Wildman–Crippen MR) is 73.1 cm³/mol. The molecular weight excluding hydrogens is 268 g/mol. The average Bonchev–Trinajstić information content (AvgIpc) is 2.33. The number of hydrogen-bond acceptors (Lipinski definition) is 4. The Hall–Kier alpha value is -0.660. The van der Waals surface area contributed by atoms with E-state index in [2.05, 4.69) is 5.32 Å². The minimum atomic E-state index is -3.33. The second-order valence-corrected chi connectivity index (χ2v) is 7.10. The molecule has 1 fully saturated rings. The van der Waals surface area contributed by atoms with Crippen LogP contribution in [0.1, 0.15) is 39.0 Å². The quantitative estimate of drug-likeness (QED) is 0.679. The molecule has 112 valence electrons. The summed E-state index contributed by atoms with van der Waals surface area (Å²) in [5, 5.41) is 11.9. The van der Waals surface area contributed by atoms with Gasteiger partial charge in [-0.3, -0.25) is 4.79 Å². The van der Waals surface area contributed by atoms with Crippen LogP contribution < -0.4 is 5.32 Å². The van der Waals surface area contributed by atoms with Gasteiger partial charge in [-0.05, 0) is 32.6 Å². The average molecular weight is 292 g/mol. The number of piperidine rings is 1. The Morgan fingerprint density at radius 3 is 2.74 bits per heavy atom. The monoisotopic (exact) mass is 292 g/mol. The van der Waals surface area contributed by atoms with Crippen molar-refractivity contribution in [2.75, 3.05) is 19.3 Å². The van der Waals surface area contributed by atoms with Crippen molar-refractivity contribution in [1.29, 1.82) is 0 Å². The first-order chi connectivity index (χ1) is 8.82. The molecule has 0 bridgehead atoms. The fraction of sp³-hybridized carbons (Fsp3) is 0.917. The molecule has 2 unspecified atom stereocenters. The molecule has 1 aliphatic rings. The lowest BCUT2D eigenvalue weighted by atomic mass is 10.0. The largest absolute Gasteiger partial charge is 0.393 e. The highest BCUT2D eigenvalue weighted by Gasteiger charge is 2.34. The van der Waals surface area contributed by atoms with Crippen molar-refractivity contribution in [3.63, 3.8) is 0 Å². The Balaban J connectivity index is 2.49. The van der Waals surface area contributed by atoms with Crippen molar-refractivity contribution in [3.05, 3.63) is 0 Å². The van der Waals surface area contributed by atoms with Crippen LogP contribution in [-0.2, 0) is 14.8 Å². The maximum absolute atomic E-state index is 12.0. The van der Waals surface area contributed by atoms with E-state index in [1.54, 1.807) is 6.92 Å². The van der Waals surface area contributed by atoms with Gasteiger partial charge >= 0.3 is 0 Å². The van der Waals surface area contributed by atoms with Gasteiger partial charge in [0.05, 0.1) is 12.4 Å². The van der Waals surface area contributed by atoms with E-state index in [-0.39, 0.29) is 12.0 Å². The van der Waals surface area contributed by atoms with Crippen LogP contribution >= 0.6 is 0 Å². The Labute approximate surface area is 115 Å². The standard InChI is InChI=1S/C12H24N2O4S/c1-10(15)6-5-8-13-12(16)11-7-3-4-9-14(11)19(2,17)18/h10-11,15H,3-9H2,1-2H3,(H,13,16). The number of rotatable bonds is 6. The maximum atomic E-state index is 12.0. The summed E-state index contributed by atoms with van der Waals surface area (Å²) < 4.78 is 24.6. The lowest BCUT2D eigenvalue weighted by Gasteiger charge is -2.32. The van der Waals surface area contributed by atoms with Crippen LogP contribution in [0.5, 0.6) is 0 Å². The number of hydrogen-bond donors (Lipinski definition) is 2. The van der Waals surface area contributed by atoms with Crippen molar-refractivity contribution in [3.8, 4) is 0 Å². The van der Waals surface area contributed by atoms with Crippen LogP contribution in [0.3, 0.4) is 0 Å². The van der Waals surface area contributed by atoms with E-state index < -0.39 is 16.1 Å². The van der Waals surface area contributed by atoms with Crippen LogP contribution in [0.2, 0.25) is 0 Å². The normalized spacial score (nSPS) is 23.0. The van der Waals surface area contributed by atoms with E-state index in [1.807, 2.05) is 0 Å². The number of carbonyl (C=O) groups is 1. The highest BCUT2D eigenvalue weighted by Crippen LogP contribution is 2.19. The summed E-state index contributed by atoms with van der Waals surface area (Å²) in [7, 11) is -3.33. The van der Waals surface area contributed by atoms with Gasteiger partial charge in [-0.2, -0.15) is 4.31 Å². The van der Waals surface area contributed by atoms with E-state index >= 15 is 0 Å². The fourth-order valence-electron chi connectivity index (χ4n) is 2.29. The zero-order chi connectivity index (χ0) is 14.5. The Morgan fingerprint density at radius 1 is 1.47 bits per heavy atom. The molecule has 7 heteroatoms. The van der Waals surface area contributed by atoms with Gasteiger partial charge in [-0.25, -0.2) is 8.42 Å². The molecule has 19 heavy (non-hydrogen) atoms. The lowest BCUT2D eigenvalue weighted by Crippen LogP contribution is -2.51. The minimum absolute atomic E-state index is 0.226. The molecule has 1 aliphatic heterocycles. The third-order valence-electron chi connectivity index (χ3n) is 3.28. The van der Waals surface area contributed by atoms with Gasteiger partial charge in [0, 0.05) is 13.1 Å². The second-order valence-electron chi connectivity index (χ2n) is 5.17. The van der Waals surface area contributed by atoms with E-state index in [9.17, 15) is 13.2 Å². The number of aliphatic hydroxyl groups excluding tert-OH is 1. The maximum Gasteiger partial charge on any atom is 0.238 e. The number of aliphatic hydroxyl groups is 1. The summed E-state index contributed by atoms with van der Waals surface area (Å²) >= 11 is 0. The smallest absolute Gasteiger partial charge is 0.238 e. The molecule has 1 amide bonds. The molecule has 0 aliphatic carbocycles. The topological polar surface area (TPSA) is 86.7 Å². The molecule has 0 aromatic rings. The first-order valence-corrected chi connectivity index (χ1v) is 8.60. The molecule has 1 heterocycles. The summed E-state index contributed by atoms with van der Waals surface area (Å²) in [6.45, 7) is 2.59. The van der Waals surface area contributed by atoms with E-state index in [0.717, 1.165) is 19.1 Å². The molecular formula is C12H24N2O4S. The van der Waals surface area contributed by atoms with Crippen LogP contribution in [0.4, 0.5) is 0 Å². The van der Waals surface area contributed by atoms with Crippen LogP contribution in [0.15, 0.2) is 0 Å². The molecule has 0 spiro atoms. The Morgan fingerprint density at radius 2 is 2.16 bits per heavy atom. The number of nitrogens with zero attached hydrogens (tertiary/aromatic N) is 1. The third-order valence-corrected chi connectivity index (χ3v) is 4.57. The molecule has 0 saturated carbocycles. The highest BCUT2D eigenvalue weighted by atomic mass is 32.2. The second kappa shape index (κ2) is 7.21. The van der Waals surface area contributed by atoms with Crippen LogP contribution in [0, 0.1) is 0 Å². The molecule has 1 rings (SSSR count). The number of amides is 1. The number of nitrogens with one attached hydrogen (secondary N) is 1. The zero-order valence-corrected chi connectivity index (χ0v) is 12.4. The summed E-state index contributed by atoms with van der Waals surface area (Å²) in [6.07, 6.45) is 4.34. The van der Waals surface area contributed by atoms with Crippen LogP contribution in [-0.4, -0.2) is 55.2 Å². The van der Waals surface area contributed by atoms with E-state index in [4.69, 9.17) is 5.11 Å². The molecule has 0 aromatic heterocycles. The summed E-state index contributed by atoms with van der Waals surface area (Å²) in [6, 6.07) is -0.574. The lowest BCUT2D eigenvalue weighted by molar-refractivity contribution is -0.125. The van der Waals surface area contributed by atoms with Crippen molar-refractivity contribution in [2.45, 2.75) is 51.2 Å². The van der Waals surface area contributed by atoms with Gasteiger partial charge in [0.15, 0.2) is 0 Å². The van der Waals surface area contributed by atoms with Gasteiger partial charge in [0.25, 0.3) is 0 Å². The van der Waals surface area contributed by atoms with Gasteiger partial charge in [-0.1, -0.05) is 6.42 Å². The molecule has 1 saturated heterocycles. The molecule has 6 nitrogen and oxygen atoms in total. The van der Waals surface area contributed by atoms with Crippen molar-refractivity contribution < 1.29 is 18.3 Å². The van der Waals surface area contributed by atoms with Crippen LogP contribution in [0.25, 0.3) is 0 Å². The number of sulfonamides is 1. The molecule has 0 radical (unpaired) electrons. The highest BCUT2D eigenvalue weighted by molar-refractivity contribution is 7.88. The third kappa shape index (κ3) is 5.46. The Kier molecular flexibility index (Phi) is 6.22. The van der Waals surface area contributed by atoms with Crippen molar-refractivity contribution in [1.82, 2.24) is 9.62 Å². The minimum Gasteiger partial charge on any atom is -0.393 e. The van der Waals surface area contributed by atoms with Gasteiger partial charge < -0.3 is 10.4 Å².